The van der Waals surface area contributed by atoms with Gasteiger partial charge in [0.2, 0.25) is 0 Å². The van der Waals surface area contributed by atoms with Gasteiger partial charge in [-0.2, -0.15) is 0 Å². The van der Waals surface area contributed by atoms with Gasteiger partial charge in [-0.25, -0.2) is 4.79 Å². The summed E-state index contributed by atoms with van der Waals surface area (Å²) in [6, 6.07) is 0. The Morgan fingerprint density at radius 2 is 1.92 bits per heavy atom. The van der Waals surface area contributed by atoms with Gasteiger partial charge in [-0.05, 0) is 40.0 Å². The maximum atomic E-state index is 11.3. The molecule has 0 aromatic heterocycles. The molecule has 0 radical (unpaired) electrons. The highest BCUT2D eigenvalue weighted by atomic mass is 16.6. The van der Waals surface area contributed by atoms with Gasteiger partial charge in [0, 0.05) is 0 Å². The molecule has 3 nitrogen and oxygen atoms in total. The number of hydrogen-bond donors (Lipinski definition) is 1. The molecule has 1 saturated carbocycles. The molecule has 70 valence electrons. The van der Waals surface area contributed by atoms with Crippen LogP contribution in [0.15, 0.2) is 0 Å². The van der Waals surface area contributed by atoms with Gasteiger partial charge < -0.3 is 9.84 Å². The number of carbonyl (C=O) groups is 1. The van der Waals surface area contributed by atoms with E-state index in [-0.39, 0.29) is 0 Å². The van der Waals surface area contributed by atoms with Crippen LogP contribution in [-0.4, -0.2) is 22.3 Å². The molecule has 12 heavy (non-hydrogen) atoms. The molecule has 1 aliphatic rings. The van der Waals surface area contributed by atoms with Crippen LogP contribution in [0.2, 0.25) is 0 Å². The van der Waals surface area contributed by atoms with Gasteiger partial charge in [-0.1, -0.05) is 0 Å². The lowest BCUT2D eigenvalue weighted by molar-refractivity contribution is -0.186. The predicted octanol–water partition coefficient (Wildman–Crippen LogP) is 1.24. The van der Waals surface area contributed by atoms with Crippen molar-refractivity contribution in [3.05, 3.63) is 0 Å². The van der Waals surface area contributed by atoms with Crippen molar-refractivity contribution in [1.29, 1.82) is 0 Å². The van der Waals surface area contributed by atoms with Crippen LogP contribution in [0.1, 0.15) is 40.0 Å². The average molecular weight is 172 g/mol. The van der Waals surface area contributed by atoms with E-state index in [0.717, 1.165) is 6.42 Å². The minimum atomic E-state index is -1.17. The molecule has 0 aliphatic heterocycles. The Kier molecular flexibility index (Phi) is 2.17. The normalized spacial score (nSPS) is 21.3. The Balaban J connectivity index is 2.49. The van der Waals surface area contributed by atoms with Crippen molar-refractivity contribution in [3.8, 4) is 0 Å². The summed E-state index contributed by atoms with van der Waals surface area (Å²) in [5.41, 5.74) is -1.67. The summed E-state index contributed by atoms with van der Waals surface area (Å²) in [7, 11) is 0. The minimum Gasteiger partial charge on any atom is -0.458 e. The second kappa shape index (κ2) is 2.73. The number of rotatable bonds is 1. The first-order chi connectivity index (χ1) is 5.33. The van der Waals surface area contributed by atoms with E-state index < -0.39 is 17.2 Å². The predicted molar refractivity (Wildman–Crippen MR) is 44.6 cm³/mol. The Morgan fingerprint density at radius 1 is 1.42 bits per heavy atom. The van der Waals surface area contributed by atoms with E-state index in [4.69, 9.17) is 4.74 Å². The van der Waals surface area contributed by atoms with Gasteiger partial charge >= 0.3 is 5.97 Å². The number of ether oxygens (including phenoxy) is 1. The van der Waals surface area contributed by atoms with Crippen molar-refractivity contribution in [3.63, 3.8) is 0 Å². The van der Waals surface area contributed by atoms with E-state index >= 15 is 0 Å². The fourth-order valence-electron chi connectivity index (χ4n) is 1.09. The molecule has 0 amide bonds. The lowest BCUT2D eigenvalue weighted by atomic mass is 9.80. The SMILES string of the molecule is CC(C)(C)OC(=O)C1(O)CCC1. The molecule has 1 fully saturated rings. The fourth-order valence-corrected chi connectivity index (χ4v) is 1.09. The minimum absolute atomic E-state index is 0.471. The van der Waals surface area contributed by atoms with E-state index in [1.165, 1.54) is 0 Å². The van der Waals surface area contributed by atoms with Crippen LogP contribution >= 0.6 is 0 Å². The lowest BCUT2D eigenvalue weighted by Crippen LogP contribution is -2.48. The molecular weight excluding hydrogens is 156 g/mol. The first kappa shape index (κ1) is 9.52. The standard InChI is InChI=1S/C9H16O3/c1-8(2,3)12-7(10)9(11)5-4-6-9/h11H,4-6H2,1-3H3. The third kappa shape index (κ3) is 1.97. The number of hydrogen-bond acceptors (Lipinski definition) is 3. The molecule has 0 atom stereocenters. The summed E-state index contributed by atoms with van der Waals surface area (Å²) < 4.78 is 5.06. The molecule has 0 bridgehead atoms. The van der Waals surface area contributed by atoms with Crippen molar-refractivity contribution < 1.29 is 14.6 Å². The van der Waals surface area contributed by atoms with Crippen LogP contribution in [-0.2, 0) is 9.53 Å². The van der Waals surface area contributed by atoms with Gasteiger partial charge in [0.05, 0.1) is 0 Å². The monoisotopic (exact) mass is 172 g/mol. The molecule has 1 N–H and O–H groups in total. The first-order valence-corrected chi connectivity index (χ1v) is 4.29. The van der Waals surface area contributed by atoms with Gasteiger partial charge in [-0.15, -0.1) is 0 Å². The fraction of sp³-hybridized carbons (Fsp3) is 0.889. The molecule has 0 spiro atoms. The van der Waals surface area contributed by atoms with Crippen molar-refractivity contribution >= 4 is 5.97 Å². The second-order valence-electron chi connectivity index (χ2n) is 4.39. The number of aliphatic hydroxyl groups is 1. The van der Waals surface area contributed by atoms with Gasteiger partial charge in [0.1, 0.15) is 5.60 Å². The summed E-state index contributed by atoms with van der Waals surface area (Å²) in [4.78, 5) is 11.3. The molecule has 0 heterocycles. The first-order valence-electron chi connectivity index (χ1n) is 4.29. The third-order valence-corrected chi connectivity index (χ3v) is 1.96. The molecule has 3 heteroatoms. The Hall–Kier alpha value is -0.570. The maximum absolute atomic E-state index is 11.3. The topological polar surface area (TPSA) is 46.5 Å². The molecule has 0 aromatic rings. The van der Waals surface area contributed by atoms with Crippen molar-refractivity contribution in [1.82, 2.24) is 0 Å². The average Bonchev–Trinajstić information content (AvgIpc) is 1.78. The Bertz CT molecular complexity index is 186. The van der Waals surface area contributed by atoms with E-state index in [2.05, 4.69) is 0 Å². The van der Waals surface area contributed by atoms with E-state index in [1.807, 2.05) is 0 Å². The van der Waals surface area contributed by atoms with E-state index in [0.29, 0.717) is 12.8 Å². The van der Waals surface area contributed by atoms with Crippen molar-refractivity contribution in [2.24, 2.45) is 0 Å². The number of carbonyl (C=O) groups excluding carboxylic acids is 1. The molecule has 0 saturated heterocycles. The van der Waals surface area contributed by atoms with Crippen molar-refractivity contribution in [2.45, 2.75) is 51.2 Å². The van der Waals surface area contributed by atoms with Crippen LogP contribution in [0.4, 0.5) is 0 Å². The Morgan fingerprint density at radius 3 is 2.17 bits per heavy atom. The second-order valence-corrected chi connectivity index (χ2v) is 4.39. The molecule has 0 unspecified atom stereocenters. The summed E-state index contributed by atoms with van der Waals surface area (Å²) in [6.07, 6.45) is 2.00. The summed E-state index contributed by atoms with van der Waals surface area (Å²) in [5, 5.41) is 9.57. The third-order valence-electron chi connectivity index (χ3n) is 1.96. The van der Waals surface area contributed by atoms with Crippen LogP contribution in [0.25, 0.3) is 0 Å². The van der Waals surface area contributed by atoms with Gasteiger partial charge in [0.15, 0.2) is 5.60 Å². The maximum Gasteiger partial charge on any atom is 0.338 e. The molecule has 1 rings (SSSR count). The highest BCUT2D eigenvalue weighted by Gasteiger charge is 2.44. The molecular formula is C9H16O3. The van der Waals surface area contributed by atoms with Crippen LogP contribution in [0, 0.1) is 0 Å². The molecule has 1 aliphatic carbocycles. The van der Waals surface area contributed by atoms with Crippen molar-refractivity contribution in [2.75, 3.05) is 0 Å². The van der Waals surface area contributed by atoms with E-state index in [9.17, 15) is 9.90 Å². The summed E-state index contributed by atoms with van der Waals surface area (Å²) in [5.74, 6) is -0.471. The Labute approximate surface area is 72.7 Å². The van der Waals surface area contributed by atoms with Gasteiger partial charge in [-0.3, -0.25) is 0 Å². The van der Waals surface area contributed by atoms with Crippen LogP contribution in [0.3, 0.4) is 0 Å². The summed E-state index contributed by atoms with van der Waals surface area (Å²) >= 11 is 0. The smallest absolute Gasteiger partial charge is 0.338 e. The zero-order valence-corrected chi connectivity index (χ0v) is 7.89. The zero-order chi connectivity index (χ0) is 9.41. The molecule has 0 aromatic carbocycles. The van der Waals surface area contributed by atoms with E-state index in [1.54, 1.807) is 20.8 Å². The highest BCUT2D eigenvalue weighted by Crippen LogP contribution is 2.33. The largest absolute Gasteiger partial charge is 0.458 e. The number of esters is 1. The zero-order valence-electron chi connectivity index (χ0n) is 7.89. The quantitative estimate of drug-likeness (QED) is 0.605. The highest BCUT2D eigenvalue weighted by molar-refractivity contribution is 5.80. The lowest BCUT2D eigenvalue weighted by Gasteiger charge is -2.36. The van der Waals surface area contributed by atoms with Crippen LogP contribution in [0.5, 0.6) is 0 Å². The van der Waals surface area contributed by atoms with Gasteiger partial charge in [0.25, 0.3) is 0 Å². The van der Waals surface area contributed by atoms with Crippen LogP contribution < -0.4 is 0 Å². The summed E-state index contributed by atoms with van der Waals surface area (Å²) in [6.45, 7) is 5.40.